The molecule has 1 fully saturated rings. The van der Waals surface area contributed by atoms with Crippen molar-refractivity contribution in [3.8, 4) is 17.0 Å². The molecule has 1 saturated heterocycles. The second-order valence-electron chi connectivity index (χ2n) is 6.89. The minimum atomic E-state index is -4.62. The summed E-state index contributed by atoms with van der Waals surface area (Å²) in [6, 6.07) is 5.45. The predicted molar refractivity (Wildman–Crippen MR) is 94.4 cm³/mol. The number of aromatic hydroxyl groups is 1. The Hall–Kier alpha value is -2.39. The van der Waals surface area contributed by atoms with Crippen LogP contribution in [-0.4, -0.2) is 57.6 Å². The van der Waals surface area contributed by atoms with E-state index in [-0.39, 0.29) is 11.6 Å². The van der Waals surface area contributed by atoms with Gasteiger partial charge in [-0.3, -0.25) is 0 Å². The van der Waals surface area contributed by atoms with Gasteiger partial charge in [-0.25, -0.2) is 0 Å². The summed E-state index contributed by atoms with van der Waals surface area (Å²) in [4.78, 5) is 2.02. The maximum atomic E-state index is 12.9. The predicted octanol–water partition coefficient (Wildman–Crippen LogP) is 2.65. The zero-order valence-electron chi connectivity index (χ0n) is 15.0. The number of halogens is 3. The number of hydrogen-bond acceptors (Lipinski definition) is 6. The number of likely N-dealkylation sites (N-methyl/N-ethyl adjacent to an activating group) is 1. The molecule has 0 amide bonds. The molecule has 27 heavy (non-hydrogen) atoms. The largest absolute Gasteiger partial charge is 0.507 e. The number of aromatic nitrogens is 2. The Bertz CT molecular complexity index is 801. The van der Waals surface area contributed by atoms with Crippen LogP contribution in [-0.2, 0) is 6.18 Å². The minimum Gasteiger partial charge on any atom is -0.507 e. The molecule has 2 unspecified atom stereocenters. The average Bonchev–Trinajstić information content (AvgIpc) is 2.56. The first-order valence-electron chi connectivity index (χ1n) is 8.52. The number of aliphatic hydroxyl groups is 1. The molecule has 146 valence electrons. The van der Waals surface area contributed by atoms with Crippen molar-refractivity contribution in [2.45, 2.75) is 31.7 Å². The highest BCUT2D eigenvalue weighted by Crippen LogP contribution is 2.40. The molecule has 1 aromatic heterocycles. The minimum absolute atomic E-state index is 0.0238. The number of benzene rings is 1. The Labute approximate surface area is 154 Å². The molecule has 2 atom stereocenters. The average molecular weight is 382 g/mol. The summed E-state index contributed by atoms with van der Waals surface area (Å²) < 4.78 is 38.6. The number of hydrogen-bond donors (Lipinski definition) is 3. The zero-order valence-corrected chi connectivity index (χ0v) is 15.0. The van der Waals surface area contributed by atoms with E-state index in [9.17, 15) is 23.4 Å². The van der Waals surface area contributed by atoms with Gasteiger partial charge in [0, 0.05) is 30.3 Å². The number of phenolic OH excluding ortho intramolecular Hbond substituents is 1. The molecule has 0 spiro atoms. The monoisotopic (exact) mass is 382 g/mol. The highest BCUT2D eigenvalue weighted by molar-refractivity contribution is 5.68. The van der Waals surface area contributed by atoms with Crippen LogP contribution < -0.4 is 5.32 Å². The number of piperidine rings is 1. The van der Waals surface area contributed by atoms with E-state index >= 15 is 0 Å². The third-order valence-electron chi connectivity index (χ3n) is 4.64. The van der Waals surface area contributed by atoms with Gasteiger partial charge in [0.15, 0.2) is 0 Å². The number of rotatable bonds is 3. The fourth-order valence-electron chi connectivity index (χ4n) is 3.36. The number of β-amino-alcohol motifs (C(OH)–C–C–N with tert-alkyl or cyclic N) is 1. The van der Waals surface area contributed by atoms with E-state index in [4.69, 9.17) is 0 Å². The van der Waals surface area contributed by atoms with Crippen molar-refractivity contribution in [3.63, 3.8) is 0 Å². The van der Waals surface area contributed by atoms with Gasteiger partial charge in [-0.05, 0) is 38.6 Å². The smallest absolute Gasteiger partial charge is 0.419 e. The molecule has 3 rings (SSSR count). The number of likely N-dealkylation sites (tertiary alicyclic amines) is 1. The molecule has 0 aliphatic carbocycles. The number of anilines is 1. The van der Waals surface area contributed by atoms with Gasteiger partial charge >= 0.3 is 6.18 Å². The number of alkyl halides is 3. The van der Waals surface area contributed by atoms with Crippen LogP contribution in [0, 0.1) is 6.92 Å². The second kappa shape index (κ2) is 7.32. The van der Waals surface area contributed by atoms with Crippen molar-refractivity contribution in [1.29, 1.82) is 0 Å². The van der Waals surface area contributed by atoms with Crippen molar-refractivity contribution >= 4 is 5.82 Å². The first-order valence-corrected chi connectivity index (χ1v) is 8.52. The summed E-state index contributed by atoms with van der Waals surface area (Å²) >= 11 is 0. The molecule has 2 heterocycles. The van der Waals surface area contributed by atoms with Gasteiger partial charge in [-0.1, -0.05) is 6.07 Å². The van der Waals surface area contributed by atoms with Gasteiger partial charge in [0.25, 0.3) is 0 Å². The first-order chi connectivity index (χ1) is 12.6. The Kier molecular flexibility index (Phi) is 5.25. The Morgan fingerprint density at radius 3 is 2.48 bits per heavy atom. The summed E-state index contributed by atoms with van der Waals surface area (Å²) in [5.74, 6) is -0.289. The highest BCUT2D eigenvalue weighted by atomic mass is 19.4. The fourth-order valence-corrected chi connectivity index (χ4v) is 3.36. The van der Waals surface area contributed by atoms with E-state index in [1.807, 2.05) is 11.9 Å². The summed E-state index contributed by atoms with van der Waals surface area (Å²) in [6.07, 6.45) is -4.43. The van der Waals surface area contributed by atoms with E-state index in [2.05, 4.69) is 15.5 Å². The number of phenols is 1. The molecule has 0 bridgehead atoms. The first kappa shape index (κ1) is 19.4. The fraction of sp³-hybridized carbons (Fsp3) is 0.444. The molecule has 9 heteroatoms. The standard InChI is InChI=1S/C18H21F3N4O2/c1-10-13(3-4-14(17(10)27)18(19,20)21)15-5-6-16(24-23-15)22-11-7-12(26)9-25(2)8-11/h3-6,11-12,26-27H,7-9H2,1-2H3,(H,22,24). The van der Waals surface area contributed by atoms with Crippen molar-refractivity contribution in [2.75, 3.05) is 25.5 Å². The summed E-state index contributed by atoms with van der Waals surface area (Å²) in [5.41, 5.74) is -0.234. The van der Waals surface area contributed by atoms with Crippen LogP contribution in [0.5, 0.6) is 5.75 Å². The summed E-state index contributed by atoms with van der Waals surface area (Å²) in [7, 11) is 1.92. The molecule has 6 nitrogen and oxygen atoms in total. The molecule has 0 radical (unpaired) electrons. The summed E-state index contributed by atoms with van der Waals surface area (Å²) in [6.45, 7) is 2.79. The zero-order chi connectivity index (χ0) is 19.8. The van der Waals surface area contributed by atoms with Crippen LogP contribution in [0.2, 0.25) is 0 Å². The van der Waals surface area contributed by atoms with Crippen LogP contribution in [0.4, 0.5) is 19.0 Å². The van der Waals surface area contributed by atoms with Crippen LogP contribution in [0.15, 0.2) is 24.3 Å². The third kappa shape index (κ3) is 4.30. The Balaban J connectivity index is 1.79. The van der Waals surface area contributed by atoms with Crippen molar-refractivity contribution < 1.29 is 23.4 Å². The maximum Gasteiger partial charge on any atom is 0.419 e. The van der Waals surface area contributed by atoms with Crippen molar-refractivity contribution in [3.05, 3.63) is 35.4 Å². The topological polar surface area (TPSA) is 81.5 Å². The van der Waals surface area contributed by atoms with E-state index in [1.54, 1.807) is 12.1 Å². The number of aliphatic hydroxyl groups excluding tert-OH is 1. The quantitative estimate of drug-likeness (QED) is 0.757. The van der Waals surface area contributed by atoms with Crippen LogP contribution in [0.3, 0.4) is 0 Å². The normalized spacial score (nSPS) is 21.3. The van der Waals surface area contributed by atoms with Crippen molar-refractivity contribution in [2.24, 2.45) is 0 Å². The number of nitrogens with zero attached hydrogens (tertiary/aromatic N) is 3. The lowest BCUT2D eigenvalue weighted by atomic mass is 10.0. The van der Waals surface area contributed by atoms with Gasteiger partial charge in [0.2, 0.25) is 0 Å². The van der Waals surface area contributed by atoms with Crippen LogP contribution in [0.1, 0.15) is 17.5 Å². The Morgan fingerprint density at radius 1 is 1.15 bits per heavy atom. The maximum absolute atomic E-state index is 12.9. The second-order valence-corrected chi connectivity index (χ2v) is 6.89. The van der Waals surface area contributed by atoms with E-state index in [0.717, 1.165) is 12.6 Å². The SMILES string of the molecule is Cc1c(-c2ccc(NC3CC(O)CN(C)C3)nn2)ccc(C(F)(F)F)c1O. The van der Waals surface area contributed by atoms with Gasteiger partial charge in [0.1, 0.15) is 11.6 Å². The van der Waals surface area contributed by atoms with Crippen molar-refractivity contribution in [1.82, 2.24) is 15.1 Å². The van der Waals surface area contributed by atoms with Crippen LogP contribution >= 0.6 is 0 Å². The van der Waals surface area contributed by atoms with Gasteiger partial charge in [-0.2, -0.15) is 13.2 Å². The van der Waals surface area contributed by atoms with Crippen LogP contribution in [0.25, 0.3) is 11.3 Å². The summed E-state index contributed by atoms with van der Waals surface area (Å²) in [5, 5.41) is 31.1. The van der Waals surface area contributed by atoms with Gasteiger partial charge < -0.3 is 20.4 Å². The lowest BCUT2D eigenvalue weighted by molar-refractivity contribution is -0.138. The molecule has 3 N–H and O–H groups in total. The highest BCUT2D eigenvalue weighted by Gasteiger charge is 2.35. The van der Waals surface area contributed by atoms with Gasteiger partial charge in [-0.15, -0.1) is 10.2 Å². The molecule has 1 aliphatic rings. The molecular formula is C18H21F3N4O2. The number of nitrogens with one attached hydrogen (secondary N) is 1. The molecule has 1 aliphatic heterocycles. The van der Waals surface area contributed by atoms with E-state index in [1.165, 1.54) is 13.0 Å². The Morgan fingerprint density at radius 2 is 1.89 bits per heavy atom. The third-order valence-corrected chi connectivity index (χ3v) is 4.64. The molecule has 0 saturated carbocycles. The molecule has 1 aromatic carbocycles. The lowest BCUT2D eigenvalue weighted by Crippen LogP contribution is -2.46. The van der Waals surface area contributed by atoms with E-state index < -0.39 is 23.6 Å². The molecule has 2 aromatic rings. The molecular weight excluding hydrogens is 361 g/mol. The van der Waals surface area contributed by atoms with Gasteiger partial charge in [0.05, 0.1) is 17.4 Å². The lowest BCUT2D eigenvalue weighted by Gasteiger charge is -2.33. The van der Waals surface area contributed by atoms with E-state index in [0.29, 0.717) is 30.0 Å².